The van der Waals surface area contributed by atoms with Gasteiger partial charge in [-0.05, 0) is 25.7 Å². The van der Waals surface area contributed by atoms with Crippen molar-refractivity contribution in [2.45, 2.75) is 31.7 Å². The number of nitrogens with one attached hydrogen (secondary N) is 1. The summed E-state index contributed by atoms with van der Waals surface area (Å²) >= 11 is 0. The molecule has 2 aliphatic rings. The van der Waals surface area contributed by atoms with Crippen LogP contribution in [0.4, 0.5) is 0 Å². The van der Waals surface area contributed by atoms with Crippen LogP contribution in [-0.2, 0) is 4.79 Å². The van der Waals surface area contributed by atoms with Gasteiger partial charge in [0.05, 0.1) is 6.54 Å². The normalized spacial score (nSPS) is 26.3. The number of carbonyl (C=O) groups is 1. The second-order valence-electron chi connectivity index (χ2n) is 4.30. The lowest BCUT2D eigenvalue weighted by Gasteiger charge is -2.36. The van der Waals surface area contributed by atoms with E-state index in [2.05, 4.69) is 16.8 Å². The smallest absolute Gasteiger partial charge is 0.234 e. The average molecular weight is 194 g/mol. The summed E-state index contributed by atoms with van der Waals surface area (Å²) in [6, 6.07) is 0.617. The van der Waals surface area contributed by atoms with Crippen LogP contribution in [0, 0.1) is 0 Å². The second-order valence-corrected chi connectivity index (χ2v) is 4.30. The second kappa shape index (κ2) is 4.13. The maximum Gasteiger partial charge on any atom is 0.234 e. The minimum Gasteiger partial charge on any atom is -0.354 e. The van der Waals surface area contributed by atoms with Crippen molar-refractivity contribution < 1.29 is 4.79 Å². The molecule has 1 amide bonds. The van der Waals surface area contributed by atoms with Crippen molar-refractivity contribution in [3.8, 4) is 0 Å². The molecule has 78 valence electrons. The SMILES string of the molecule is C=C1CCC(N2CCNC(=O)C2)CC1. The number of allylic oxidation sites excluding steroid dienone is 1. The fourth-order valence-electron chi connectivity index (χ4n) is 2.35. The van der Waals surface area contributed by atoms with Crippen LogP contribution in [0.5, 0.6) is 0 Å². The van der Waals surface area contributed by atoms with Crippen LogP contribution in [0.25, 0.3) is 0 Å². The van der Waals surface area contributed by atoms with Crippen molar-refractivity contribution >= 4 is 5.91 Å². The van der Waals surface area contributed by atoms with Crippen molar-refractivity contribution in [1.29, 1.82) is 0 Å². The molecule has 3 heteroatoms. The summed E-state index contributed by atoms with van der Waals surface area (Å²) in [6.45, 7) is 6.44. The number of rotatable bonds is 1. The van der Waals surface area contributed by atoms with Gasteiger partial charge in [-0.25, -0.2) is 0 Å². The molecule has 0 aromatic heterocycles. The number of hydrogen-bond donors (Lipinski definition) is 1. The number of hydrogen-bond acceptors (Lipinski definition) is 2. The quantitative estimate of drug-likeness (QED) is 0.629. The molecule has 1 saturated carbocycles. The van der Waals surface area contributed by atoms with Gasteiger partial charge in [0.2, 0.25) is 5.91 Å². The molecule has 1 aliphatic carbocycles. The first kappa shape index (κ1) is 9.71. The van der Waals surface area contributed by atoms with Gasteiger partial charge >= 0.3 is 0 Å². The predicted molar refractivity (Wildman–Crippen MR) is 56.0 cm³/mol. The molecule has 1 saturated heterocycles. The first-order valence-corrected chi connectivity index (χ1v) is 5.43. The lowest BCUT2D eigenvalue weighted by atomic mass is 9.90. The van der Waals surface area contributed by atoms with Gasteiger partial charge in [-0.1, -0.05) is 12.2 Å². The zero-order valence-electron chi connectivity index (χ0n) is 8.59. The maximum absolute atomic E-state index is 11.2. The molecule has 1 heterocycles. The summed E-state index contributed by atoms with van der Waals surface area (Å²) in [6.07, 6.45) is 4.66. The molecule has 0 spiro atoms. The first-order valence-electron chi connectivity index (χ1n) is 5.43. The Bertz CT molecular complexity index is 240. The zero-order chi connectivity index (χ0) is 9.97. The van der Waals surface area contributed by atoms with Crippen LogP contribution >= 0.6 is 0 Å². The Hall–Kier alpha value is -0.830. The van der Waals surface area contributed by atoms with Crippen molar-refractivity contribution in [3.63, 3.8) is 0 Å². The molecule has 1 N–H and O–H groups in total. The molecule has 2 rings (SSSR count). The fourth-order valence-corrected chi connectivity index (χ4v) is 2.35. The van der Waals surface area contributed by atoms with Crippen LogP contribution < -0.4 is 5.32 Å². The van der Waals surface area contributed by atoms with Gasteiger partial charge in [-0.2, -0.15) is 0 Å². The third-order valence-electron chi connectivity index (χ3n) is 3.25. The Labute approximate surface area is 85.2 Å². The lowest BCUT2D eigenvalue weighted by molar-refractivity contribution is -0.125. The van der Waals surface area contributed by atoms with E-state index in [1.54, 1.807) is 0 Å². The maximum atomic E-state index is 11.2. The molecular weight excluding hydrogens is 176 g/mol. The van der Waals surface area contributed by atoms with Crippen molar-refractivity contribution in [1.82, 2.24) is 10.2 Å². The summed E-state index contributed by atoms with van der Waals surface area (Å²) < 4.78 is 0. The summed E-state index contributed by atoms with van der Waals surface area (Å²) in [7, 11) is 0. The highest BCUT2D eigenvalue weighted by Gasteiger charge is 2.25. The van der Waals surface area contributed by atoms with E-state index in [0.717, 1.165) is 25.9 Å². The monoisotopic (exact) mass is 194 g/mol. The largest absolute Gasteiger partial charge is 0.354 e. The van der Waals surface area contributed by atoms with Gasteiger partial charge in [0.15, 0.2) is 0 Å². The van der Waals surface area contributed by atoms with E-state index in [9.17, 15) is 4.79 Å². The Balaban J connectivity index is 1.88. The van der Waals surface area contributed by atoms with Gasteiger partial charge in [-0.3, -0.25) is 9.69 Å². The van der Waals surface area contributed by atoms with Crippen molar-refractivity contribution in [2.75, 3.05) is 19.6 Å². The predicted octanol–water partition coefficient (Wildman–Crippen LogP) is 0.917. The van der Waals surface area contributed by atoms with Gasteiger partial charge in [0.1, 0.15) is 0 Å². The summed E-state index contributed by atoms with van der Waals surface area (Å²) in [5.41, 5.74) is 1.38. The Morgan fingerprint density at radius 3 is 2.71 bits per heavy atom. The van der Waals surface area contributed by atoms with Gasteiger partial charge in [-0.15, -0.1) is 0 Å². The van der Waals surface area contributed by atoms with Crippen LogP contribution in [-0.4, -0.2) is 36.5 Å². The molecule has 0 bridgehead atoms. The highest BCUT2D eigenvalue weighted by molar-refractivity contribution is 5.78. The highest BCUT2D eigenvalue weighted by atomic mass is 16.2. The Morgan fingerprint density at radius 2 is 2.07 bits per heavy atom. The molecular formula is C11H18N2O. The van der Waals surface area contributed by atoms with Crippen molar-refractivity contribution in [3.05, 3.63) is 12.2 Å². The summed E-state index contributed by atoms with van der Waals surface area (Å²) in [4.78, 5) is 13.5. The van der Waals surface area contributed by atoms with Crippen LogP contribution in [0.1, 0.15) is 25.7 Å². The molecule has 0 atom stereocenters. The van der Waals surface area contributed by atoms with Crippen LogP contribution in [0.15, 0.2) is 12.2 Å². The fraction of sp³-hybridized carbons (Fsp3) is 0.727. The Morgan fingerprint density at radius 1 is 1.36 bits per heavy atom. The lowest BCUT2D eigenvalue weighted by Crippen LogP contribution is -2.52. The first-order chi connectivity index (χ1) is 6.75. The molecule has 0 unspecified atom stereocenters. The number of amides is 1. The van der Waals surface area contributed by atoms with E-state index in [0.29, 0.717) is 12.6 Å². The number of piperazine rings is 1. The topological polar surface area (TPSA) is 32.3 Å². The summed E-state index contributed by atoms with van der Waals surface area (Å²) in [5.74, 6) is 0.181. The third-order valence-corrected chi connectivity index (χ3v) is 3.25. The van der Waals surface area contributed by atoms with Gasteiger partial charge < -0.3 is 5.32 Å². The molecule has 0 aromatic rings. The third kappa shape index (κ3) is 2.15. The minimum atomic E-state index is 0.181. The van der Waals surface area contributed by atoms with E-state index in [1.807, 2.05) is 0 Å². The van der Waals surface area contributed by atoms with E-state index in [4.69, 9.17) is 0 Å². The average Bonchev–Trinajstić information content (AvgIpc) is 2.19. The van der Waals surface area contributed by atoms with E-state index in [-0.39, 0.29) is 5.91 Å². The molecule has 3 nitrogen and oxygen atoms in total. The minimum absolute atomic E-state index is 0.181. The summed E-state index contributed by atoms with van der Waals surface area (Å²) in [5, 5.41) is 2.86. The Kier molecular flexibility index (Phi) is 2.87. The number of carbonyl (C=O) groups excluding carboxylic acids is 1. The molecule has 0 radical (unpaired) electrons. The van der Waals surface area contributed by atoms with Crippen molar-refractivity contribution in [2.24, 2.45) is 0 Å². The van der Waals surface area contributed by atoms with E-state index < -0.39 is 0 Å². The molecule has 2 fully saturated rings. The highest BCUT2D eigenvalue weighted by Crippen LogP contribution is 2.25. The van der Waals surface area contributed by atoms with E-state index >= 15 is 0 Å². The van der Waals surface area contributed by atoms with Gasteiger partial charge in [0.25, 0.3) is 0 Å². The molecule has 1 aliphatic heterocycles. The van der Waals surface area contributed by atoms with Crippen LogP contribution in [0.2, 0.25) is 0 Å². The number of nitrogens with zero attached hydrogens (tertiary/aromatic N) is 1. The zero-order valence-corrected chi connectivity index (χ0v) is 8.59. The standard InChI is InChI=1S/C11H18N2O/c1-9-2-4-10(5-3-9)13-7-6-12-11(14)8-13/h10H,1-8H2,(H,12,14). The molecule has 14 heavy (non-hydrogen) atoms. The van der Waals surface area contributed by atoms with E-state index in [1.165, 1.54) is 18.4 Å². The van der Waals surface area contributed by atoms with Crippen LogP contribution in [0.3, 0.4) is 0 Å². The van der Waals surface area contributed by atoms with Gasteiger partial charge in [0, 0.05) is 19.1 Å². The molecule has 0 aromatic carbocycles.